The Morgan fingerprint density at radius 1 is 1.33 bits per heavy atom. The fourth-order valence-electron chi connectivity index (χ4n) is 1.43. The van der Waals surface area contributed by atoms with E-state index in [4.69, 9.17) is 10.3 Å². The number of aromatic nitrogens is 1. The van der Waals surface area contributed by atoms with Gasteiger partial charge in [0.15, 0.2) is 0 Å². The van der Waals surface area contributed by atoms with E-state index in [1.54, 1.807) is 31.2 Å². The molecule has 2 aromatic rings. The van der Waals surface area contributed by atoms with Crippen LogP contribution in [0.4, 0.5) is 11.6 Å². The van der Waals surface area contributed by atoms with E-state index in [0.717, 1.165) is 0 Å². The molecule has 0 aliphatic heterocycles. The monoisotopic (exact) mass is 267 g/mol. The van der Waals surface area contributed by atoms with Gasteiger partial charge >= 0.3 is 0 Å². The maximum absolute atomic E-state index is 11.8. The number of nitrogens with zero attached hydrogens (tertiary/aromatic N) is 1. The molecule has 0 atom stereocenters. The zero-order valence-electron chi connectivity index (χ0n) is 9.75. The first-order chi connectivity index (χ1) is 8.44. The van der Waals surface area contributed by atoms with Crippen LogP contribution < -0.4 is 10.5 Å². The number of anilines is 2. The summed E-state index contributed by atoms with van der Waals surface area (Å²) in [6.07, 6.45) is 0. The summed E-state index contributed by atoms with van der Waals surface area (Å²) >= 11 is 0. The average Bonchev–Trinajstić information content (AvgIpc) is 2.66. The van der Waals surface area contributed by atoms with Crippen molar-refractivity contribution in [1.29, 1.82) is 0 Å². The summed E-state index contributed by atoms with van der Waals surface area (Å²) in [7, 11) is -3.51. The number of benzene rings is 1. The van der Waals surface area contributed by atoms with E-state index in [1.807, 2.05) is 0 Å². The SMILES string of the molecule is Cc1cc(NS(=O)(=O)Cc2ccc(N)cc2)on1. The average molecular weight is 267 g/mol. The summed E-state index contributed by atoms with van der Waals surface area (Å²) in [5.74, 6) is -0.0320. The van der Waals surface area contributed by atoms with Gasteiger partial charge in [-0.15, -0.1) is 0 Å². The van der Waals surface area contributed by atoms with Crippen LogP contribution in [-0.4, -0.2) is 13.6 Å². The lowest BCUT2D eigenvalue weighted by atomic mass is 10.2. The van der Waals surface area contributed by atoms with Gasteiger partial charge in [0, 0.05) is 11.8 Å². The van der Waals surface area contributed by atoms with Gasteiger partial charge in [-0.25, -0.2) is 8.42 Å². The molecule has 0 saturated carbocycles. The molecule has 1 aromatic carbocycles. The Bertz CT molecular complexity index is 632. The molecule has 3 N–H and O–H groups in total. The standard InChI is InChI=1S/C11H13N3O3S/c1-8-6-11(17-13-8)14-18(15,16)7-9-2-4-10(12)5-3-9/h2-6,14H,7,12H2,1H3. The van der Waals surface area contributed by atoms with Crippen LogP contribution >= 0.6 is 0 Å². The molecule has 1 aromatic heterocycles. The number of nitrogen functional groups attached to an aromatic ring is 1. The lowest BCUT2D eigenvalue weighted by molar-refractivity contribution is 0.430. The third kappa shape index (κ3) is 3.24. The molecule has 0 saturated heterocycles. The molecule has 1 heterocycles. The molecule has 0 spiro atoms. The predicted octanol–water partition coefficient (Wildman–Crippen LogP) is 1.51. The van der Waals surface area contributed by atoms with Gasteiger partial charge in [0.1, 0.15) is 0 Å². The van der Waals surface area contributed by atoms with Crippen LogP contribution in [0.25, 0.3) is 0 Å². The lowest BCUT2D eigenvalue weighted by Crippen LogP contribution is -2.14. The molecule has 0 aliphatic carbocycles. The Morgan fingerprint density at radius 3 is 2.56 bits per heavy atom. The van der Waals surface area contributed by atoms with E-state index in [0.29, 0.717) is 16.9 Å². The van der Waals surface area contributed by atoms with Gasteiger partial charge in [0.05, 0.1) is 11.4 Å². The molecule has 0 bridgehead atoms. The van der Waals surface area contributed by atoms with Crippen molar-refractivity contribution in [2.45, 2.75) is 12.7 Å². The van der Waals surface area contributed by atoms with Gasteiger partial charge < -0.3 is 10.3 Å². The van der Waals surface area contributed by atoms with Crippen LogP contribution in [0.1, 0.15) is 11.3 Å². The molecule has 0 aliphatic rings. The predicted molar refractivity (Wildman–Crippen MR) is 68.3 cm³/mol. The van der Waals surface area contributed by atoms with Crippen LogP contribution in [0.3, 0.4) is 0 Å². The van der Waals surface area contributed by atoms with Crippen LogP contribution in [0, 0.1) is 6.92 Å². The molecule has 96 valence electrons. The van der Waals surface area contributed by atoms with Crippen molar-refractivity contribution in [2.24, 2.45) is 0 Å². The molecular formula is C11H13N3O3S. The van der Waals surface area contributed by atoms with Crippen molar-refractivity contribution in [3.05, 3.63) is 41.6 Å². The van der Waals surface area contributed by atoms with E-state index in [9.17, 15) is 8.42 Å². The second-order valence-corrected chi connectivity index (χ2v) is 5.66. The van der Waals surface area contributed by atoms with Crippen molar-refractivity contribution in [3.63, 3.8) is 0 Å². The summed E-state index contributed by atoms with van der Waals surface area (Å²) in [5.41, 5.74) is 7.38. The van der Waals surface area contributed by atoms with Crippen LogP contribution in [0.2, 0.25) is 0 Å². The zero-order chi connectivity index (χ0) is 13.2. The third-order valence-corrected chi connectivity index (χ3v) is 3.45. The smallest absolute Gasteiger partial charge is 0.239 e. The Labute approximate surface area is 105 Å². The highest BCUT2D eigenvalue weighted by Crippen LogP contribution is 2.14. The van der Waals surface area contributed by atoms with E-state index in [2.05, 4.69) is 9.88 Å². The molecular weight excluding hydrogens is 254 g/mol. The quantitative estimate of drug-likeness (QED) is 0.818. The molecule has 7 heteroatoms. The summed E-state index contributed by atoms with van der Waals surface area (Å²) in [4.78, 5) is 0. The largest absolute Gasteiger partial charge is 0.399 e. The highest BCUT2D eigenvalue weighted by Gasteiger charge is 2.14. The van der Waals surface area contributed by atoms with Crippen LogP contribution in [0.5, 0.6) is 0 Å². The maximum Gasteiger partial charge on any atom is 0.239 e. The first-order valence-electron chi connectivity index (χ1n) is 5.23. The number of hydrogen-bond donors (Lipinski definition) is 2. The lowest BCUT2D eigenvalue weighted by Gasteiger charge is -2.04. The van der Waals surface area contributed by atoms with Gasteiger partial charge in [-0.2, -0.15) is 0 Å². The number of sulfonamides is 1. The Kier molecular flexibility index (Phi) is 3.24. The number of aryl methyl sites for hydroxylation is 1. The Balaban J connectivity index is 2.10. The second kappa shape index (κ2) is 4.69. The topological polar surface area (TPSA) is 98.2 Å². The molecule has 2 rings (SSSR count). The number of nitrogens with one attached hydrogen (secondary N) is 1. The van der Waals surface area contributed by atoms with Gasteiger partial charge in [-0.05, 0) is 24.6 Å². The molecule has 6 nitrogen and oxygen atoms in total. The highest BCUT2D eigenvalue weighted by molar-refractivity contribution is 7.91. The minimum Gasteiger partial charge on any atom is -0.399 e. The molecule has 0 unspecified atom stereocenters. The fraction of sp³-hybridized carbons (Fsp3) is 0.182. The first kappa shape index (κ1) is 12.4. The van der Waals surface area contributed by atoms with Gasteiger partial charge in [0.2, 0.25) is 15.9 Å². The first-order valence-corrected chi connectivity index (χ1v) is 6.88. The van der Waals surface area contributed by atoms with Crippen molar-refractivity contribution >= 4 is 21.6 Å². The number of nitrogens with two attached hydrogens (primary N) is 1. The third-order valence-electron chi connectivity index (χ3n) is 2.22. The van der Waals surface area contributed by atoms with Crippen LogP contribution in [0.15, 0.2) is 34.9 Å². The number of rotatable bonds is 4. The Morgan fingerprint density at radius 2 is 2.00 bits per heavy atom. The van der Waals surface area contributed by atoms with E-state index >= 15 is 0 Å². The molecule has 18 heavy (non-hydrogen) atoms. The van der Waals surface area contributed by atoms with Gasteiger partial charge in [-0.3, -0.25) is 4.72 Å². The van der Waals surface area contributed by atoms with Crippen molar-refractivity contribution in [3.8, 4) is 0 Å². The summed E-state index contributed by atoms with van der Waals surface area (Å²) < 4.78 is 30.8. The molecule has 0 radical (unpaired) electrons. The summed E-state index contributed by atoms with van der Waals surface area (Å²) in [6.45, 7) is 1.71. The Hall–Kier alpha value is -2.02. The van der Waals surface area contributed by atoms with Crippen molar-refractivity contribution in [2.75, 3.05) is 10.5 Å². The molecule has 0 amide bonds. The minimum absolute atomic E-state index is 0.114. The van der Waals surface area contributed by atoms with E-state index in [-0.39, 0.29) is 11.6 Å². The highest BCUT2D eigenvalue weighted by atomic mass is 32.2. The fourth-order valence-corrected chi connectivity index (χ4v) is 2.54. The van der Waals surface area contributed by atoms with Crippen molar-refractivity contribution in [1.82, 2.24) is 5.16 Å². The molecule has 0 fully saturated rings. The van der Waals surface area contributed by atoms with Crippen LogP contribution in [-0.2, 0) is 15.8 Å². The zero-order valence-corrected chi connectivity index (χ0v) is 10.6. The summed E-state index contributed by atoms with van der Waals surface area (Å²) in [5, 5.41) is 3.60. The van der Waals surface area contributed by atoms with Gasteiger partial charge in [-0.1, -0.05) is 17.3 Å². The summed E-state index contributed by atoms with van der Waals surface area (Å²) in [6, 6.07) is 8.16. The normalized spacial score (nSPS) is 11.4. The van der Waals surface area contributed by atoms with E-state index < -0.39 is 10.0 Å². The van der Waals surface area contributed by atoms with Crippen molar-refractivity contribution < 1.29 is 12.9 Å². The second-order valence-electron chi connectivity index (χ2n) is 3.94. The van der Waals surface area contributed by atoms with Gasteiger partial charge in [0.25, 0.3) is 0 Å². The van der Waals surface area contributed by atoms with E-state index in [1.165, 1.54) is 6.07 Å². The number of hydrogen-bond acceptors (Lipinski definition) is 5. The minimum atomic E-state index is -3.51. The maximum atomic E-state index is 11.8.